The first-order valence-electron chi connectivity index (χ1n) is 9.08. The van der Waals surface area contributed by atoms with Gasteiger partial charge in [-0.05, 0) is 50.7 Å². The van der Waals surface area contributed by atoms with Crippen molar-refractivity contribution >= 4 is 5.82 Å². The zero-order valence-electron chi connectivity index (χ0n) is 13.8. The molecule has 5 heteroatoms. The van der Waals surface area contributed by atoms with Crippen LogP contribution in [0.1, 0.15) is 36.9 Å². The molecule has 0 bridgehead atoms. The molecule has 0 radical (unpaired) electrons. The van der Waals surface area contributed by atoms with Gasteiger partial charge in [-0.1, -0.05) is 0 Å². The van der Waals surface area contributed by atoms with Gasteiger partial charge in [0.2, 0.25) is 0 Å². The first kappa shape index (κ1) is 14.3. The Morgan fingerprint density at radius 1 is 1.04 bits per heavy atom. The first-order valence-corrected chi connectivity index (χ1v) is 9.08. The summed E-state index contributed by atoms with van der Waals surface area (Å²) in [5.74, 6) is 2.01. The van der Waals surface area contributed by atoms with Crippen molar-refractivity contribution in [2.24, 2.45) is 0 Å². The molecule has 2 aromatic heterocycles. The maximum absolute atomic E-state index is 5.99. The number of ether oxygens (including phenoxy) is 1. The molecule has 24 heavy (non-hydrogen) atoms. The van der Waals surface area contributed by atoms with E-state index in [1.807, 2.05) is 24.5 Å². The van der Waals surface area contributed by atoms with Crippen LogP contribution in [0.5, 0.6) is 0 Å². The Labute approximate surface area is 142 Å². The number of fused-ring (bicyclic) bond motifs is 2. The molecule has 0 amide bonds. The normalized spacial score (nSPS) is 25.6. The van der Waals surface area contributed by atoms with Crippen LogP contribution in [0.4, 0.5) is 5.82 Å². The molecule has 2 atom stereocenters. The van der Waals surface area contributed by atoms with E-state index in [0.717, 1.165) is 37.4 Å². The van der Waals surface area contributed by atoms with E-state index in [-0.39, 0.29) is 0 Å². The van der Waals surface area contributed by atoms with Crippen molar-refractivity contribution in [1.29, 1.82) is 0 Å². The number of anilines is 1. The summed E-state index contributed by atoms with van der Waals surface area (Å²) >= 11 is 0. The van der Waals surface area contributed by atoms with Crippen molar-refractivity contribution in [1.82, 2.24) is 15.0 Å². The number of rotatable bonds is 2. The monoisotopic (exact) mass is 322 g/mol. The van der Waals surface area contributed by atoms with Crippen molar-refractivity contribution in [3.8, 4) is 11.4 Å². The predicted octanol–water partition coefficient (Wildman–Crippen LogP) is 2.79. The van der Waals surface area contributed by atoms with Crippen LogP contribution in [0.2, 0.25) is 0 Å². The van der Waals surface area contributed by atoms with Crippen LogP contribution < -0.4 is 4.90 Å². The Kier molecular flexibility index (Phi) is 3.47. The number of aryl methyl sites for hydroxylation is 1. The van der Waals surface area contributed by atoms with Crippen molar-refractivity contribution < 1.29 is 4.74 Å². The minimum Gasteiger partial charge on any atom is -0.374 e. The van der Waals surface area contributed by atoms with E-state index < -0.39 is 0 Å². The van der Waals surface area contributed by atoms with E-state index in [9.17, 15) is 0 Å². The molecular weight excluding hydrogens is 300 g/mol. The van der Waals surface area contributed by atoms with Crippen LogP contribution in [-0.2, 0) is 17.6 Å². The van der Waals surface area contributed by atoms with Crippen molar-refractivity contribution in [3.05, 3.63) is 35.8 Å². The molecule has 2 fully saturated rings. The van der Waals surface area contributed by atoms with Gasteiger partial charge < -0.3 is 9.64 Å². The van der Waals surface area contributed by atoms with Crippen molar-refractivity contribution in [3.63, 3.8) is 0 Å². The molecule has 5 rings (SSSR count). The van der Waals surface area contributed by atoms with Crippen LogP contribution in [0.3, 0.4) is 0 Å². The molecule has 1 saturated carbocycles. The van der Waals surface area contributed by atoms with Gasteiger partial charge in [0.25, 0.3) is 0 Å². The van der Waals surface area contributed by atoms with Gasteiger partial charge in [-0.25, -0.2) is 9.97 Å². The lowest BCUT2D eigenvalue weighted by molar-refractivity contribution is 0.0252. The summed E-state index contributed by atoms with van der Waals surface area (Å²) in [6.07, 6.45) is 11.0. The third kappa shape index (κ3) is 2.30. The predicted molar refractivity (Wildman–Crippen MR) is 92.0 cm³/mol. The third-order valence-electron chi connectivity index (χ3n) is 5.60. The van der Waals surface area contributed by atoms with Gasteiger partial charge >= 0.3 is 0 Å². The quantitative estimate of drug-likeness (QED) is 0.851. The van der Waals surface area contributed by atoms with Crippen LogP contribution in [-0.4, -0.2) is 40.2 Å². The fourth-order valence-electron chi connectivity index (χ4n) is 4.47. The number of nitrogens with zero attached hydrogens (tertiary/aromatic N) is 4. The maximum Gasteiger partial charge on any atom is 0.161 e. The molecule has 2 aromatic rings. The maximum atomic E-state index is 5.99. The standard InChI is InChI=1S/C19H22N4O/c1-3-14-15(4-1)21-18(13-7-9-20-10-8-13)22-19(14)23-11-12-24-17-6-2-5-16(17)23/h7-10,16-17H,1-6,11-12H2/t16-,17-/m0/s1. The van der Waals surface area contributed by atoms with Gasteiger partial charge in [0.05, 0.1) is 18.8 Å². The summed E-state index contributed by atoms with van der Waals surface area (Å²) in [5.41, 5.74) is 3.67. The van der Waals surface area contributed by atoms with E-state index in [2.05, 4.69) is 9.88 Å². The molecule has 2 aliphatic carbocycles. The topological polar surface area (TPSA) is 51.1 Å². The number of hydrogen-bond acceptors (Lipinski definition) is 5. The van der Waals surface area contributed by atoms with E-state index in [0.29, 0.717) is 12.1 Å². The van der Waals surface area contributed by atoms with Gasteiger partial charge in [0.1, 0.15) is 5.82 Å². The summed E-state index contributed by atoms with van der Waals surface area (Å²) in [7, 11) is 0. The Morgan fingerprint density at radius 3 is 2.88 bits per heavy atom. The fraction of sp³-hybridized carbons (Fsp3) is 0.526. The summed E-state index contributed by atoms with van der Waals surface area (Å²) in [5, 5.41) is 0. The number of aromatic nitrogens is 3. The number of hydrogen-bond donors (Lipinski definition) is 0. The van der Waals surface area contributed by atoms with Crippen LogP contribution >= 0.6 is 0 Å². The molecule has 0 N–H and O–H groups in total. The lowest BCUT2D eigenvalue weighted by Crippen LogP contribution is -2.49. The SMILES string of the molecule is c1cc(-c2nc3c(c(N4CCO[C@H]5CCC[C@@H]54)n2)CCC3)ccn1. The second-order valence-corrected chi connectivity index (χ2v) is 6.99. The smallest absolute Gasteiger partial charge is 0.161 e. The highest BCUT2D eigenvalue weighted by molar-refractivity contribution is 5.61. The van der Waals surface area contributed by atoms with E-state index in [1.165, 1.54) is 42.8 Å². The second-order valence-electron chi connectivity index (χ2n) is 6.99. The second kappa shape index (κ2) is 5.81. The largest absolute Gasteiger partial charge is 0.374 e. The van der Waals surface area contributed by atoms with E-state index in [1.54, 1.807) is 0 Å². The molecule has 3 aliphatic rings. The number of pyridine rings is 1. The Bertz CT molecular complexity index is 749. The number of morpholine rings is 1. The zero-order chi connectivity index (χ0) is 15.9. The van der Waals surface area contributed by atoms with Gasteiger partial charge in [-0.3, -0.25) is 4.98 Å². The molecule has 3 heterocycles. The van der Waals surface area contributed by atoms with Gasteiger partial charge in [0, 0.05) is 35.8 Å². The molecule has 0 aromatic carbocycles. The molecule has 1 aliphatic heterocycles. The minimum absolute atomic E-state index is 0.384. The highest BCUT2D eigenvalue weighted by atomic mass is 16.5. The Hall–Kier alpha value is -2.01. The Morgan fingerprint density at radius 2 is 1.96 bits per heavy atom. The summed E-state index contributed by atoms with van der Waals surface area (Å²) < 4.78 is 5.99. The molecule has 1 saturated heterocycles. The van der Waals surface area contributed by atoms with E-state index >= 15 is 0 Å². The lowest BCUT2D eigenvalue weighted by Gasteiger charge is -2.39. The van der Waals surface area contributed by atoms with Crippen LogP contribution in [0.25, 0.3) is 11.4 Å². The molecule has 0 spiro atoms. The third-order valence-corrected chi connectivity index (χ3v) is 5.60. The van der Waals surface area contributed by atoms with Crippen LogP contribution in [0, 0.1) is 0 Å². The zero-order valence-corrected chi connectivity index (χ0v) is 13.8. The first-order chi connectivity index (χ1) is 11.9. The highest BCUT2D eigenvalue weighted by Crippen LogP contribution is 2.37. The van der Waals surface area contributed by atoms with Gasteiger partial charge in [0.15, 0.2) is 5.82 Å². The van der Waals surface area contributed by atoms with Crippen LogP contribution in [0.15, 0.2) is 24.5 Å². The lowest BCUT2D eigenvalue weighted by atomic mass is 10.1. The molecular formula is C19H22N4O. The average molecular weight is 322 g/mol. The minimum atomic E-state index is 0.384. The molecule has 124 valence electrons. The summed E-state index contributed by atoms with van der Waals surface area (Å²) in [6.45, 7) is 1.75. The van der Waals surface area contributed by atoms with Crippen molar-refractivity contribution in [2.45, 2.75) is 50.7 Å². The average Bonchev–Trinajstić information content (AvgIpc) is 3.30. The van der Waals surface area contributed by atoms with Gasteiger partial charge in [-0.15, -0.1) is 0 Å². The van der Waals surface area contributed by atoms with Gasteiger partial charge in [-0.2, -0.15) is 0 Å². The van der Waals surface area contributed by atoms with E-state index in [4.69, 9.17) is 14.7 Å². The summed E-state index contributed by atoms with van der Waals surface area (Å²) in [4.78, 5) is 16.5. The molecule has 0 unspecified atom stereocenters. The fourth-order valence-corrected chi connectivity index (χ4v) is 4.47. The highest BCUT2D eigenvalue weighted by Gasteiger charge is 2.38. The summed E-state index contributed by atoms with van der Waals surface area (Å²) in [6, 6.07) is 4.49. The Balaban J connectivity index is 1.61. The van der Waals surface area contributed by atoms with Crippen molar-refractivity contribution in [2.75, 3.05) is 18.1 Å². The molecule has 5 nitrogen and oxygen atoms in total.